The van der Waals surface area contributed by atoms with Crippen molar-refractivity contribution < 1.29 is 27.5 Å². The Morgan fingerprint density at radius 3 is 2.43 bits per heavy atom. The number of hydrogen-bond donors (Lipinski definition) is 1. The van der Waals surface area contributed by atoms with E-state index in [0.717, 1.165) is 0 Å². The molecule has 186 valence electrons. The number of carbonyl (C=O) groups excluding carboxylic acids is 3. The van der Waals surface area contributed by atoms with Crippen molar-refractivity contribution in [3.05, 3.63) is 60.2 Å². The highest BCUT2D eigenvalue weighted by Crippen LogP contribution is 2.31. The number of para-hydroxylation sites is 2. The van der Waals surface area contributed by atoms with Crippen LogP contribution in [-0.2, 0) is 29.1 Å². The predicted octanol–water partition coefficient (Wildman–Crippen LogP) is 3.04. The molecule has 10 heteroatoms. The lowest BCUT2D eigenvalue weighted by molar-refractivity contribution is -0.143. The highest BCUT2D eigenvalue weighted by molar-refractivity contribution is 7.89. The number of hydrogen-bond acceptors (Lipinski definition) is 6. The van der Waals surface area contributed by atoms with Crippen molar-refractivity contribution in [1.29, 1.82) is 0 Å². The van der Waals surface area contributed by atoms with Crippen LogP contribution in [0.5, 0.6) is 0 Å². The molecule has 0 bridgehead atoms. The third kappa shape index (κ3) is 6.14. The predicted molar refractivity (Wildman–Crippen MR) is 133 cm³/mol. The van der Waals surface area contributed by atoms with Gasteiger partial charge in [0, 0.05) is 31.6 Å². The molecule has 0 saturated heterocycles. The maximum absolute atomic E-state index is 12.9. The van der Waals surface area contributed by atoms with Crippen LogP contribution in [-0.4, -0.2) is 56.2 Å². The monoisotopic (exact) mass is 499 g/mol. The summed E-state index contributed by atoms with van der Waals surface area (Å²) in [6, 6.07) is 12.7. The van der Waals surface area contributed by atoms with E-state index in [1.807, 2.05) is 0 Å². The number of anilines is 2. The highest BCUT2D eigenvalue weighted by Gasteiger charge is 2.30. The summed E-state index contributed by atoms with van der Waals surface area (Å²) in [4.78, 5) is 38.8. The topological polar surface area (TPSA) is 113 Å². The first-order valence-electron chi connectivity index (χ1n) is 11.3. The van der Waals surface area contributed by atoms with E-state index in [0.29, 0.717) is 30.0 Å². The zero-order valence-corrected chi connectivity index (χ0v) is 20.7. The number of nitrogens with zero attached hydrogens (tertiary/aromatic N) is 2. The summed E-state index contributed by atoms with van der Waals surface area (Å²) in [5, 5.41) is 2.77. The standard InChI is InChI=1S/C25H29N3O6S/c1-4-27(5-2)35(32,33)20-13-10-19(11-14-20)12-15-25(31)34-17-24(30)28-18(3)16-23(29)26-21-8-6-7-9-22(21)28/h6-15,18H,4-5,16-17H2,1-3H3,(H,26,29)/b15-12+. The number of sulfonamides is 1. The lowest BCUT2D eigenvalue weighted by atomic mass is 10.1. The molecular formula is C25H29N3O6S. The molecule has 9 nitrogen and oxygen atoms in total. The Morgan fingerprint density at radius 2 is 1.77 bits per heavy atom. The molecule has 3 rings (SSSR count). The molecule has 0 radical (unpaired) electrons. The Kier molecular flexibility index (Phi) is 8.42. The second-order valence-corrected chi connectivity index (χ2v) is 9.92. The minimum atomic E-state index is -3.56. The fourth-order valence-corrected chi connectivity index (χ4v) is 5.30. The molecule has 35 heavy (non-hydrogen) atoms. The average Bonchev–Trinajstić information content (AvgIpc) is 2.96. The van der Waals surface area contributed by atoms with Crippen LogP contribution in [0.3, 0.4) is 0 Å². The van der Waals surface area contributed by atoms with Gasteiger partial charge in [0.1, 0.15) is 0 Å². The van der Waals surface area contributed by atoms with E-state index in [4.69, 9.17) is 4.74 Å². The van der Waals surface area contributed by atoms with Gasteiger partial charge in [0.05, 0.1) is 16.3 Å². The van der Waals surface area contributed by atoms with Gasteiger partial charge in [0.2, 0.25) is 15.9 Å². The quantitative estimate of drug-likeness (QED) is 0.441. The van der Waals surface area contributed by atoms with Crippen LogP contribution < -0.4 is 10.2 Å². The van der Waals surface area contributed by atoms with Gasteiger partial charge in [-0.2, -0.15) is 4.31 Å². The van der Waals surface area contributed by atoms with Crippen LogP contribution in [0.2, 0.25) is 0 Å². The van der Waals surface area contributed by atoms with E-state index in [1.54, 1.807) is 57.2 Å². The average molecular weight is 500 g/mol. The first-order chi connectivity index (χ1) is 16.7. The maximum atomic E-state index is 12.9. The first kappa shape index (κ1) is 26.1. The lowest BCUT2D eigenvalue weighted by Crippen LogP contribution is -2.41. The van der Waals surface area contributed by atoms with Gasteiger partial charge in [-0.05, 0) is 42.8 Å². The molecule has 0 aromatic heterocycles. The summed E-state index contributed by atoms with van der Waals surface area (Å²) in [6.07, 6.45) is 2.77. The molecule has 0 saturated carbocycles. The normalized spacial score (nSPS) is 16.1. The van der Waals surface area contributed by atoms with Crippen LogP contribution in [0.15, 0.2) is 59.5 Å². The van der Waals surface area contributed by atoms with Gasteiger partial charge in [-0.15, -0.1) is 0 Å². The number of benzene rings is 2. The Morgan fingerprint density at radius 1 is 1.11 bits per heavy atom. The molecular weight excluding hydrogens is 470 g/mol. The van der Waals surface area contributed by atoms with Crippen LogP contribution in [0.4, 0.5) is 11.4 Å². The van der Waals surface area contributed by atoms with Crippen molar-refractivity contribution in [2.45, 2.75) is 38.1 Å². The number of carbonyl (C=O) groups is 3. The largest absolute Gasteiger partial charge is 0.452 e. The number of ether oxygens (including phenoxy) is 1. The third-order valence-electron chi connectivity index (χ3n) is 5.60. The molecule has 1 heterocycles. The van der Waals surface area contributed by atoms with Gasteiger partial charge >= 0.3 is 5.97 Å². The van der Waals surface area contributed by atoms with E-state index in [2.05, 4.69) is 5.32 Å². The van der Waals surface area contributed by atoms with Gasteiger partial charge in [0.15, 0.2) is 6.61 Å². The van der Waals surface area contributed by atoms with Gasteiger partial charge < -0.3 is 15.0 Å². The fourth-order valence-electron chi connectivity index (χ4n) is 3.85. The van der Waals surface area contributed by atoms with E-state index in [1.165, 1.54) is 33.5 Å². The minimum absolute atomic E-state index is 0.119. The molecule has 0 aliphatic carbocycles. The van der Waals surface area contributed by atoms with Crippen molar-refractivity contribution in [3.63, 3.8) is 0 Å². The Balaban J connectivity index is 1.63. The van der Waals surface area contributed by atoms with Gasteiger partial charge in [-0.25, -0.2) is 13.2 Å². The first-order valence-corrected chi connectivity index (χ1v) is 12.8. The van der Waals surface area contributed by atoms with Crippen molar-refractivity contribution in [2.24, 2.45) is 0 Å². The fraction of sp³-hybridized carbons (Fsp3) is 0.320. The van der Waals surface area contributed by atoms with Crippen molar-refractivity contribution in [2.75, 3.05) is 29.9 Å². The summed E-state index contributed by atoms with van der Waals surface area (Å²) in [7, 11) is -3.56. The summed E-state index contributed by atoms with van der Waals surface area (Å²) >= 11 is 0. The van der Waals surface area contributed by atoms with Gasteiger partial charge in [-0.3, -0.25) is 9.59 Å². The van der Waals surface area contributed by atoms with E-state index in [9.17, 15) is 22.8 Å². The number of rotatable bonds is 8. The van der Waals surface area contributed by atoms with E-state index >= 15 is 0 Å². The highest BCUT2D eigenvalue weighted by atomic mass is 32.2. The third-order valence-corrected chi connectivity index (χ3v) is 7.67. The Labute approximate surface area is 205 Å². The summed E-state index contributed by atoms with van der Waals surface area (Å²) in [5.74, 6) is -1.37. The molecule has 2 aromatic carbocycles. The molecule has 0 fully saturated rings. The van der Waals surface area contributed by atoms with Crippen molar-refractivity contribution in [1.82, 2.24) is 4.31 Å². The van der Waals surface area contributed by atoms with Gasteiger partial charge in [-0.1, -0.05) is 38.1 Å². The SMILES string of the molecule is CCN(CC)S(=O)(=O)c1ccc(/C=C/C(=O)OCC(=O)N2c3ccccc3NC(=O)CC2C)cc1. The molecule has 1 aliphatic rings. The second-order valence-electron chi connectivity index (χ2n) is 7.98. The molecule has 2 aromatic rings. The molecule has 1 unspecified atom stereocenters. The minimum Gasteiger partial charge on any atom is -0.452 e. The van der Waals surface area contributed by atoms with Crippen LogP contribution >= 0.6 is 0 Å². The van der Waals surface area contributed by atoms with Crippen LogP contribution in [0.25, 0.3) is 6.08 Å². The summed E-state index contributed by atoms with van der Waals surface area (Å²) in [6.45, 7) is 5.57. The number of amides is 2. The Hall–Kier alpha value is -3.50. The second kappa shape index (κ2) is 11.3. The number of fused-ring (bicyclic) bond motifs is 1. The summed E-state index contributed by atoms with van der Waals surface area (Å²) in [5.41, 5.74) is 1.67. The van der Waals surface area contributed by atoms with Crippen LogP contribution in [0.1, 0.15) is 32.8 Å². The Bertz CT molecular complexity index is 1220. The summed E-state index contributed by atoms with van der Waals surface area (Å²) < 4.78 is 31.6. The van der Waals surface area contributed by atoms with Gasteiger partial charge in [0.25, 0.3) is 5.91 Å². The zero-order chi connectivity index (χ0) is 25.6. The van der Waals surface area contributed by atoms with E-state index < -0.39 is 34.5 Å². The maximum Gasteiger partial charge on any atom is 0.331 e. The smallest absolute Gasteiger partial charge is 0.331 e. The molecule has 1 aliphatic heterocycles. The molecule has 2 amide bonds. The molecule has 1 atom stereocenters. The number of nitrogens with one attached hydrogen (secondary N) is 1. The van der Waals surface area contributed by atoms with Crippen molar-refractivity contribution in [3.8, 4) is 0 Å². The lowest BCUT2D eigenvalue weighted by Gasteiger charge is -2.27. The zero-order valence-electron chi connectivity index (χ0n) is 19.9. The van der Waals surface area contributed by atoms with E-state index in [-0.39, 0.29) is 17.2 Å². The number of esters is 1. The molecule has 1 N–H and O–H groups in total. The molecule has 0 spiro atoms. The van der Waals surface area contributed by atoms with Crippen LogP contribution in [0, 0.1) is 0 Å². The van der Waals surface area contributed by atoms with Crippen molar-refractivity contribution >= 4 is 45.3 Å².